The number of halogens is 3. The molecule has 0 saturated carbocycles. The molecule has 1 saturated heterocycles. The minimum atomic E-state index is -5.11. The van der Waals surface area contributed by atoms with Crippen LogP contribution in [0.3, 0.4) is 0 Å². The molecule has 2 rings (SSSR count). The third-order valence-corrected chi connectivity index (χ3v) is 3.92. The first-order chi connectivity index (χ1) is 11.5. The van der Waals surface area contributed by atoms with Crippen LogP contribution in [0.25, 0.3) is 0 Å². The van der Waals surface area contributed by atoms with Crippen molar-refractivity contribution in [1.29, 1.82) is 0 Å². The molecular weight excluding hydrogens is 343 g/mol. The summed E-state index contributed by atoms with van der Waals surface area (Å²) in [6.07, 6.45) is -9.04. The second kappa shape index (κ2) is 7.01. The topological polar surface area (TPSA) is 84.9 Å². The number of carbonyl (C=O) groups is 2. The normalized spacial score (nSPS) is 29.8. The highest BCUT2D eigenvalue weighted by Gasteiger charge is 2.52. The van der Waals surface area contributed by atoms with Crippen LogP contribution in [0.5, 0.6) is 0 Å². The molecule has 2 N–H and O–H groups in total. The van der Waals surface area contributed by atoms with Gasteiger partial charge in [0.05, 0.1) is 17.2 Å². The summed E-state index contributed by atoms with van der Waals surface area (Å²) in [6, 6.07) is 7.86. The van der Waals surface area contributed by atoms with Gasteiger partial charge < -0.3 is 19.9 Å². The molecule has 1 unspecified atom stereocenters. The van der Waals surface area contributed by atoms with Crippen LogP contribution in [0.1, 0.15) is 30.6 Å². The lowest BCUT2D eigenvalue weighted by Crippen LogP contribution is -2.66. The third kappa shape index (κ3) is 4.49. The van der Waals surface area contributed by atoms with Gasteiger partial charge in [-0.15, -0.1) is 0 Å². The molecule has 0 aliphatic carbocycles. The third-order valence-electron chi connectivity index (χ3n) is 3.92. The Balaban J connectivity index is 2.24. The van der Waals surface area contributed by atoms with Crippen molar-refractivity contribution in [1.82, 2.24) is 5.32 Å². The van der Waals surface area contributed by atoms with Crippen molar-refractivity contribution < 1.29 is 37.3 Å². The Hall–Kier alpha value is -2.13. The van der Waals surface area contributed by atoms with Crippen molar-refractivity contribution in [3.05, 3.63) is 35.9 Å². The van der Waals surface area contributed by atoms with Crippen molar-refractivity contribution in [2.45, 2.75) is 50.5 Å². The van der Waals surface area contributed by atoms with E-state index < -0.39 is 42.1 Å². The van der Waals surface area contributed by atoms with E-state index in [1.54, 1.807) is 18.2 Å². The van der Waals surface area contributed by atoms with Crippen molar-refractivity contribution >= 4 is 11.9 Å². The quantitative estimate of drug-likeness (QED) is 0.802. The summed E-state index contributed by atoms with van der Waals surface area (Å²) in [6.45, 7) is 2.70. The Labute approximate surface area is 141 Å². The van der Waals surface area contributed by atoms with Gasteiger partial charge in [0.15, 0.2) is 12.4 Å². The molecule has 1 fully saturated rings. The summed E-state index contributed by atoms with van der Waals surface area (Å²) in [5.41, 5.74) is -1.46. The molecule has 138 valence electrons. The van der Waals surface area contributed by atoms with Gasteiger partial charge in [-0.3, -0.25) is 4.79 Å². The van der Waals surface area contributed by atoms with Crippen molar-refractivity contribution in [3.63, 3.8) is 0 Å². The lowest BCUT2D eigenvalue weighted by molar-refractivity contribution is -0.225. The number of alkyl halides is 3. The Morgan fingerprint density at radius 1 is 1.32 bits per heavy atom. The Bertz CT molecular complexity index is 636. The Morgan fingerprint density at radius 3 is 2.48 bits per heavy atom. The van der Waals surface area contributed by atoms with Crippen LogP contribution in [-0.4, -0.2) is 47.2 Å². The maximum atomic E-state index is 12.6. The lowest BCUT2D eigenvalue weighted by Gasteiger charge is -2.46. The van der Waals surface area contributed by atoms with Gasteiger partial charge in [-0.2, -0.15) is 13.2 Å². The molecule has 0 spiro atoms. The summed E-state index contributed by atoms with van der Waals surface area (Å²) < 4.78 is 48.3. The summed E-state index contributed by atoms with van der Waals surface area (Å²) in [7, 11) is 0. The lowest BCUT2D eigenvalue weighted by atomic mass is 9.84. The Morgan fingerprint density at radius 2 is 1.92 bits per heavy atom. The summed E-state index contributed by atoms with van der Waals surface area (Å²) in [5, 5.41) is 11.5. The largest absolute Gasteiger partial charge is 0.471 e. The van der Waals surface area contributed by atoms with Crippen LogP contribution in [0.4, 0.5) is 13.2 Å². The molecule has 1 heterocycles. The molecule has 0 aromatic heterocycles. The minimum Gasteiger partial charge on any atom is -0.454 e. The van der Waals surface area contributed by atoms with Crippen LogP contribution >= 0.6 is 0 Å². The number of aliphatic hydroxyl groups is 1. The molecule has 1 aromatic carbocycles. The fraction of sp³-hybridized carbons (Fsp3) is 0.500. The zero-order chi connectivity index (χ0) is 18.8. The van der Waals surface area contributed by atoms with Crippen LogP contribution < -0.4 is 5.32 Å². The molecule has 1 aliphatic heterocycles. The molecule has 25 heavy (non-hydrogen) atoms. The number of amides is 1. The van der Waals surface area contributed by atoms with E-state index in [2.05, 4.69) is 0 Å². The number of hydrogen-bond donors (Lipinski definition) is 2. The van der Waals surface area contributed by atoms with Gasteiger partial charge in [0.1, 0.15) is 0 Å². The molecule has 1 aromatic rings. The minimum absolute atomic E-state index is 0.199. The van der Waals surface area contributed by atoms with E-state index >= 15 is 0 Å². The SMILES string of the molecule is CC1O[C@@H](O)C[C@@](C)(NC(=O)C(F)(F)F)[C@@H]1OC(=O)c1ccccc1. The van der Waals surface area contributed by atoms with Crippen molar-refractivity contribution in [2.24, 2.45) is 0 Å². The van der Waals surface area contributed by atoms with Gasteiger partial charge in [0.25, 0.3) is 0 Å². The standard InChI is InChI=1S/C16H18F3NO5/c1-9-12(25-13(22)10-6-4-3-5-7-10)15(2,8-11(21)24-9)20-14(23)16(17,18)19/h3-7,9,11-12,21H,8H2,1-2H3,(H,20,23)/t9?,11-,12-,15-/m1/s1. The highest BCUT2D eigenvalue weighted by Crippen LogP contribution is 2.32. The number of nitrogens with one attached hydrogen (secondary N) is 1. The average Bonchev–Trinajstić information content (AvgIpc) is 2.50. The number of esters is 1. The first kappa shape index (κ1) is 19.2. The van der Waals surface area contributed by atoms with Gasteiger partial charge >= 0.3 is 18.1 Å². The summed E-state index contributed by atoms with van der Waals surface area (Å²) in [4.78, 5) is 23.6. The van der Waals surface area contributed by atoms with Gasteiger partial charge in [0, 0.05) is 6.42 Å². The zero-order valence-electron chi connectivity index (χ0n) is 13.5. The number of hydrogen-bond acceptors (Lipinski definition) is 5. The van der Waals surface area contributed by atoms with Crippen LogP contribution in [-0.2, 0) is 14.3 Å². The fourth-order valence-electron chi connectivity index (χ4n) is 2.80. The van der Waals surface area contributed by atoms with Crippen molar-refractivity contribution in [3.8, 4) is 0 Å². The van der Waals surface area contributed by atoms with E-state index in [-0.39, 0.29) is 12.0 Å². The fourth-order valence-corrected chi connectivity index (χ4v) is 2.80. The Kier molecular flexibility index (Phi) is 5.38. The number of ether oxygens (including phenoxy) is 2. The van der Waals surface area contributed by atoms with E-state index in [0.29, 0.717) is 0 Å². The summed E-state index contributed by atoms with van der Waals surface area (Å²) >= 11 is 0. The molecule has 9 heteroatoms. The van der Waals surface area contributed by atoms with Gasteiger partial charge in [0.2, 0.25) is 0 Å². The van der Waals surface area contributed by atoms with E-state index in [1.807, 2.05) is 5.32 Å². The average molecular weight is 361 g/mol. The number of carbonyl (C=O) groups excluding carboxylic acids is 2. The maximum absolute atomic E-state index is 12.6. The smallest absolute Gasteiger partial charge is 0.454 e. The van der Waals surface area contributed by atoms with Gasteiger partial charge in [-0.25, -0.2) is 4.79 Å². The van der Waals surface area contributed by atoms with E-state index in [4.69, 9.17) is 9.47 Å². The molecular formula is C16H18F3NO5. The summed E-state index contributed by atoms with van der Waals surface area (Å²) in [5.74, 6) is -2.96. The second-order valence-electron chi connectivity index (χ2n) is 6.06. The maximum Gasteiger partial charge on any atom is 0.471 e. The molecule has 6 nitrogen and oxygen atoms in total. The van der Waals surface area contributed by atoms with E-state index in [9.17, 15) is 27.9 Å². The highest BCUT2D eigenvalue weighted by atomic mass is 19.4. The second-order valence-corrected chi connectivity index (χ2v) is 6.06. The van der Waals surface area contributed by atoms with E-state index in [1.165, 1.54) is 26.0 Å². The van der Waals surface area contributed by atoms with Gasteiger partial charge in [-0.1, -0.05) is 18.2 Å². The highest BCUT2D eigenvalue weighted by molar-refractivity contribution is 5.89. The van der Waals surface area contributed by atoms with E-state index in [0.717, 1.165) is 0 Å². The zero-order valence-corrected chi connectivity index (χ0v) is 13.5. The molecule has 1 aliphatic rings. The number of aliphatic hydroxyl groups excluding tert-OH is 1. The molecule has 0 radical (unpaired) electrons. The number of rotatable bonds is 3. The molecule has 4 atom stereocenters. The number of benzene rings is 1. The predicted molar refractivity (Wildman–Crippen MR) is 79.4 cm³/mol. The molecule has 0 bridgehead atoms. The van der Waals surface area contributed by atoms with Gasteiger partial charge in [-0.05, 0) is 26.0 Å². The van der Waals surface area contributed by atoms with Crippen LogP contribution in [0.2, 0.25) is 0 Å². The molecule has 1 amide bonds. The van der Waals surface area contributed by atoms with Crippen LogP contribution in [0.15, 0.2) is 30.3 Å². The first-order valence-electron chi connectivity index (χ1n) is 7.52. The predicted octanol–water partition coefficient (Wildman–Crippen LogP) is 1.78. The monoisotopic (exact) mass is 361 g/mol. The van der Waals surface area contributed by atoms with Crippen LogP contribution in [0, 0.1) is 0 Å². The first-order valence-corrected chi connectivity index (χ1v) is 7.52. The van der Waals surface area contributed by atoms with Crippen molar-refractivity contribution in [2.75, 3.05) is 0 Å².